The van der Waals surface area contributed by atoms with Crippen molar-refractivity contribution in [2.75, 3.05) is 6.54 Å². The minimum Gasteiger partial charge on any atom is -0.330 e. The first-order valence-corrected chi connectivity index (χ1v) is 3.27. The number of aryl methyl sites for hydroxylation is 1. The lowest BCUT2D eigenvalue weighted by molar-refractivity contribution is 0.753. The predicted octanol–water partition coefficient (Wildman–Crippen LogP) is -0.237. The van der Waals surface area contributed by atoms with Crippen LogP contribution in [0.4, 0.5) is 0 Å². The summed E-state index contributed by atoms with van der Waals surface area (Å²) in [4.78, 5) is 0. The zero-order valence-corrected chi connectivity index (χ0v) is 5.70. The van der Waals surface area contributed by atoms with E-state index in [2.05, 4.69) is 15.4 Å². The van der Waals surface area contributed by atoms with Gasteiger partial charge in [-0.1, -0.05) is 0 Å². The molecule has 0 spiro atoms. The van der Waals surface area contributed by atoms with E-state index in [1.165, 1.54) is 0 Å². The van der Waals surface area contributed by atoms with Gasteiger partial charge in [-0.15, -0.1) is 10.2 Å². The Morgan fingerprint density at radius 3 is 3.00 bits per heavy atom. The number of rotatable bonds is 3. The Bertz CT molecular complexity index is 174. The fourth-order valence-corrected chi connectivity index (χ4v) is 0.682. The molecule has 0 saturated carbocycles. The molecule has 0 radical (unpaired) electrons. The molecule has 0 saturated heterocycles. The average molecular weight is 138 g/mol. The van der Waals surface area contributed by atoms with Crippen molar-refractivity contribution >= 4 is 0 Å². The van der Waals surface area contributed by atoms with Crippen LogP contribution in [0.1, 0.15) is 12.1 Å². The van der Waals surface area contributed by atoms with E-state index in [-0.39, 0.29) is 0 Å². The Labute approximate surface area is 59.5 Å². The summed E-state index contributed by atoms with van der Waals surface area (Å²) >= 11 is 0. The third kappa shape index (κ3) is 2.06. The number of nitrogens with zero attached hydrogens (tertiary/aromatic N) is 3. The maximum absolute atomic E-state index is 5.31. The Morgan fingerprint density at radius 2 is 2.40 bits per heavy atom. The van der Waals surface area contributed by atoms with Gasteiger partial charge in [0.05, 0.1) is 11.9 Å². The molecule has 4 heteroatoms. The summed E-state index contributed by atoms with van der Waals surface area (Å²) in [5, 5.41) is 10.9. The van der Waals surface area contributed by atoms with Gasteiger partial charge in [0.25, 0.3) is 0 Å². The van der Waals surface area contributed by atoms with Gasteiger partial charge in [0, 0.05) is 0 Å². The SMILES string of the molecule is NCCCc1ccnnn1. The molecule has 0 aromatic carbocycles. The lowest BCUT2D eigenvalue weighted by Crippen LogP contribution is -2.02. The van der Waals surface area contributed by atoms with Crippen molar-refractivity contribution < 1.29 is 0 Å². The van der Waals surface area contributed by atoms with Crippen LogP contribution >= 0.6 is 0 Å². The maximum atomic E-state index is 5.31. The van der Waals surface area contributed by atoms with E-state index in [0.717, 1.165) is 18.5 Å². The molecule has 1 rings (SSSR count). The summed E-state index contributed by atoms with van der Waals surface area (Å²) in [6, 6.07) is 1.85. The van der Waals surface area contributed by atoms with Gasteiger partial charge >= 0.3 is 0 Å². The molecule has 1 aromatic heterocycles. The third-order valence-electron chi connectivity index (χ3n) is 1.20. The van der Waals surface area contributed by atoms with Gasteiger partial charge < -0.3 is 5.73 Å². The van der Waals surface area contributed by atoms with E-state index in [4.69, 9.17) is 5.73 Å². The Kier molecular flexibility index (Phi) is 2.76. The maximum Gasteiger partial charge on any atom is 0.0665 e. The summed E-state index contributed by atoms with van der Waals surface area (Å²) in [6.07, 6.45) is 3.49. The molecule has 0 fully saturated rings. The molecule has 1 aromatic rings. The summed E-state index contributed by atoms with van der Waals surface area (Å²) in [5.74, 6) is 0. The molecule has 4 nitrogen and oxygen atoms in total. The quantitative estimate of drug-likeness (QED) is 0.626. The van der Waals surface area contributed by atoms with Crippen LogP contribution in [0.15, 0.2) is 12.3 Å². The highest BCUT2D eigenvalue weighted by Gasteiger charge is 1.90. The Hall–Kier alpha value is -1.03. The first kappa shape index (κ1) is 7.08. The highest BCUT2D eigenvalue weighted by atomic mass is 15.3. The van der Waals surface area contributed by atoms with Gasteiger partial charge in [0.2, 0.25) is 0 Å². The second-order valence-electron chi connectivity index (χ2n) is 2.00. The molecule has 0 aliphatic heterocycles. The largest absolute Gasteiger partial charge is 0.330 e. The van der Waals surface area contributed by atoms with E-state index in [1.807, 2.05) is 6.07 Å². The molecule has 0 aliphatic carbocycles. The van der Waals surface area contributed by atoms with E-state index < -0.39 is 0 Å². The molecule has 10 heavy (non-hydrogen) atoms. The topological polar surface area (TPSA) is 64.7 Å². The fourth-order valence-electron chi connectivity index (χ4n) is 0.682. The molecule has 0 bridgehead atoms. The molecule has 0 atom stereocenters. The van der Waals surface area contributed by atoms with Gasteiger partial charge in [-0.3, -0.25) is 0 Å². The van der Waals surface area contributed by atoms with Crippen molar-refractivity contribution in [1.29, 1.82) is 0 Å². The van der Waals surface area contributed by atoms with Crippen LogP contribution in [0.2, 0.25) is 0 Å². The normalized spacial score (nSPS) is 9.70. The summed E-state index contributed by atoms with van der Waals surface area (Å²) in [5.41, 5.74) is 6.27. The van der Waals surface area contributed by atoms with Crippen LogP contribution in [-0.2, 0) is 6.42 Å². The predicted molar refractivity (Wildman–Crippen MR) is 37.2 cm³/mol. The third-order valence-corrected chi connectivity index (χ3v) is 1.20. The number of hydrogen-bond acceptors (Lipinski definition) is 4. The van der Waals surface area contributed by atoms with Crippen LogP contribution < -0.4 is 5.73 Å². The number of hydrogen-bond donors (Lipinski definition) is 1. The van der Waals surface area contributed by atoms with Crippen LogP contribution in [0.3, 0.4) is 0 Å². The molecule has 0 aliphatic rings. The van der Waals surface area contributed by atoms with Crippen molar-refractivity contribution in [3.63, 3.8) is 0 Å². The highest BCUT2D eigenvalue weighted by molar-refractivity contribution is 4.94. The fraction of sp³-hybridized carbons (Fsp3) is 0.500. The van der Waals surface area contributed by atoms with Gasteiger partial charge in [-0.2, -0.15) is 0 Å². The van der Waals surface area contributed by atoms with Crippen molar-refractivity contribution in [2.24, 2.45) is 5.73 Å². The average Bonchev–Trinajstić information content (AvgIpc) is 2.03. The molecule has 0 unspecified atom stereocenters. The number of aromatic nitrogens is 3. The van der Waals surface area contributed by atoms with Gasteiger partial charge in [-0.25, -0.2) is 0 Å². The van der Waals surface area contributed by atoms with Crippen LogP contribution in [-0.4, -0.2) is 22.0 Å². The van der Waals surface area contributed by atoms with E-state index in [1.54, 1.807) is 6.20 Å². The van der Waals surface area contributed by atoms with Crippen LogP contribution in [0.5, 0.6) is 0 Å². The lowest BCUT2D eigenvalue weighted by atomic mass is 10.2. The second-order valence-corrected chi connectivity index (χ2v) is 2.00. The highest BCUT2D eigenvalue weighted by Crippen LogP contribution is 1.92. The van der Waals surface area contributed by atoms with Crippen molar-refractivity contribution in [3.8, 4) is 0 Å². The lowest BCUT2D eigenvalue weighted by Gasteiger charge is -1.93. The molecule has 0 amide bonds. The van der Waals surface area contributed by atoms with Gasteiger partial charge in [0.1, 0.15) is 0 Å². The zero-order chi connectivity index (χ0) is 7.23. The summed E-state index contributed by atoms with van der Waals surface area (Å²) < 4.78 is 0. The standard InChI is InChI=1S/C6H10N4/c7-4-1-2-6-3-5-8-10-9-6/h3,5H,1-2,4,7H2. The Morgan fingerprint density at radius 1 is 1.50 bits per heavy atom. The molecular formula is C6H10N4. The first-order valence-electron chi connectivity index (χ1n) is 3.27. The van der Waals surface area contributed by atoms with Crippen molar-refractivity contribution in [2.45, 2.75) is 12.8 Å². The molecular weight excluding hydrogens is 128 g/mol. The molecule has 54 valence electrons. The minimum absolute atomic E-state index is 0.698. The summed E-state index contributed by atoms with van der Waals surface area (Å²) in [7, 11) is 0. The van der Waals surface area contributed by atoms with Crippen molar-refractivity contribution in [1.82, 2.24) is 15.4 Å². The summed E-state index contributed by atoms with van der Waals surface area (Å²) in [6.45, 7) is 0.698. The van der Waals surface area contributed by atoms with Gasteiger partial charge in [-0.05, 0) is 30.7 Å². The minimum atomic E-state index is 0.698. The van der Waals surface area contributed by atoms with Crippen molar-refractivity contribution in [3.05, 3.63) is 18.0 Å². The van der Waals surface area contributed by atoms with Gasteiger partial charge in [0.15, 0.2) is 0 Å². The van der Waals surface area contributed by atoms with E-state index in [9.17, 15) is 0 Å². The van der Waals surface area contributed by atoms with E-state index >= 15 is 0 Å². The van der Waals surface area contributed by atoms with Crippen LogP contribution in [0, 0.1) is 0 Å². The first-order chi connectivity index (χ1) is 4.93. The monoisotopic (exact) mass is 138 g/mol. The smallest absolute Gasteiger partial charge is 0.0665 e. The Balaban J connectivity index is 2.43. The second kappa shape index (κ2) is 3.90. The zero-order valence-electron chi connectivity index (χ0n) is 5.70. The molecule has 2 N–H and O–H groups in total. The van der Waals surface area contributed by atoms with E-state index in [0.29, 0.717) is 6.54 Å². The molecule has 1 heterocycles. The van der Waals surface area contributed by atoms with Crippen LogP contribution in [0.25, 0.3) is 0 Å². The number of nitrogens with two attached hydrogens (primary N) is 1.